The number of nitrogens with zero attached hydrogens (tertiary/aromatic N) is 6. The molecule has 0 bridgehead atoms. The first kappa shape index (κ1) is 26.4. The molecule has 2 aliphatic rings. The Kier molecular flexibility index (Phi) is 7.29. The van der Waals surface area contributed by atoms with Crippen molar-refractivity contribution in [3.05, 3.63) is 60.4 Å². The molecule has 1 fully saturated rings. The van der Waals surface area contributed by atoms with Gasteiger partial charge in [-0.1, -0.05) is 13.0 Å². The zero-order valence-electron chi connectivity index (χ0n) is 23.6. The van der Waals surface area contributed by atoms with E-state index in [1.807, 2.05) is 24.5 Å². The number of rotatable bonds is 9. The number of anilines is 5. The van der Waals surface area contributed by atoms with Crippen LogP contribution in [0.2, 0.25) is 0 Å². The summed E-state index contributed by atoms with van der Waals surface area (Å²) in [6.45, 7) is 9.38. The van der Waals surface area contributed by atoms with Gasteiger partial charge in [0.05, 0.1) is 18.2 Å². The van der Waals surface area contributed by atoms with Gasteiger partial charge in [0.25, 0.3) is 0 Å². The molecule has 1 aromatic carbocycles. The Morgan fingerprint density at radius 2 is 1.76 bits per heavy atom. The van der Waals surface area contributed by atoms with Gasteiger partial charge >= 0.3 is 0 Å². The van der Waals surface area contributed by atoms with Crippen LogP contribution < -0.4 is 15.1 Å². The van der Waals surface area contributed by atoms with Crippen LogP contribution >= 0.6 is 0 Å². The number of pyridine rings is 1. The highest BCUT2D eigenvalue weighted by atomic mass is 16.5. The first-order valence-corrected chi connectivity index (χ1v) is 13.6. The van der Waals surface area contributed by atoms with Crippen molar-refractivity contribution >= 4 is 29.0 Å². The van der Waals surface area contributed by atoms with Crippen LogP contribution in [0.1, 0.15) is 45.6 Å². The number of hydrogen-bond donors (Lipinski definition) is 1. The van der Waals surface area contributed by atoms with Crippen LogP contribution in [-0.2, 0) is 10.2 Å². The van der Waals surface area contributed by atoms with Crippen molar-refractivity contribution in [2.75, 3.05) is 56.0 Å². The quantitative estimate of drug-likeness (QED) is 0.382. The van der Waals surface area contributed by atoms with Crippen LogP contribution in [0.4, 0.5) is 29.0 Å². The highest BCUT2D eigenvalue weighted by molar-refractivity contribution is 5.71. The predicted octanol–water partition coefficient (Wildman–Crippen LogP) is 5.37. The molecule has 0 amide bonds. The molecule has 0 spiro atoms. The molecule has 4 heterocycles. The van der Waals surface area contributed by atoms with Gasteiger partial charge < -0.3 is 24.8 Å². The maximum absolute atomic E-state index is 6.30. The molecule has 1 saturated heterocycles. The van der Waals surface area contributed by atoms with Gasteiger partial charge in [0, 0.05) is 48.3 Å². The van der Waals surface area contributed by atoms with E-state index in [2.05, 4.69) is 92.3 Å². The Labute approximate surface area is 227 Å². The zero-order valence-corrected chi connectivity index (χ0v) is 23.6. The number of unbranched alkanes of at least 4 members (excludes halogenated alkanes) is 1. The second kappa shape index (κ2) is 10.5. The fraction of sp³-hybridized carbons (Fsp3) is 0.500. The van der Waals surface area contributed by atoms with E-state index in [0.29, 0.717) is 12.6 Å². The summed E-state index contributed by atoms with van der Waals surface area (Å²) in [4.78, 5) is 21.3. The van der Waals surface area contributed by atoms with Gasteiger partial charge in [0.2, 0.25) is 5.95 Å². The van der Waals surface area contributed by atoms with E-state index in [4.69, 9.17) is 19.7 Å². The lowest BCUT2D eigenvalue weighted by Gasteiger charge is -2.46. The number of benzene rings is 1. The van der Waals surface area contributed by atoms with Crippen LogP contribution in [-0.4, -0.2) is 72.3 Å². The third-order valence-electron chi connectivity index (χ3n) is 7.92. The maximum atomic E-state index is 6.30. The highest BCUT2D eigenvalue weighted by Gasteiger charge is 2.55. The Morgan fingerprint density at radius 1 is 1.00 bits per heavy atom. The molecule has 5 rings (SSSR count). The van der Waals surface area contributed by atoms with Crippen molar-refractivity contribution in [3.63, 3.8) is 0 Å². The molecule has 2 aliphatic heterocycles. The molecule has 38 heavy (non-hydrogen) atoms. The fourth-order valence-electron chi connectivity index (χ4n) is 5.59. The maximum Gasteiger partial charge on any atom is 0.229 e. The summed E-state index contributed by atoms with van der Waals surface area (Å²) in [5, 5.41) is 3.42. The minimum absolute atomic E-state index is 0.188. The van der Waals surface area contributed by atoms with Crippen molar-refractivity contribution in [2.24, 2.45) is 0 Å². The zero-order chi connectivity index (χ0) is 26.9. The molecule has 0 aliphatic carbocycles. The van der Waals surface area contributed by atoms with E-state index in [1.54, 1.807) is 0 Å². The van der Waals surface area contributed by atoms with Crippen molar-refractivity contribution in [2.45, 2.75) is 57.1 Å². The summed E-state index contributed by atoms with van der Waals surface area (Å²) in [7, 11) is 6.40. The molecule has 0 unspecified atom stereocenters. The number of nitrogens with one attached hydrogen (secondary N) is 1. The van der Waals surface area contributed by atoms with Crippen LogP contribution in [0, 0.1) is 0 Å². The van der Waals surface area contributed by atoms with Gasteiger partial charge in [0.15, 0.2) is 0 Å². The lowest BCUT2D eigenvalue weighted by atomic mass is 9.73. The summed E-state index contributed by atoms with van der Waals surface area (Å²) in [6, 6.07) is 14.7. The van der Waals surface area contributed by atoms with Gasteiger partial charge in [-0.15, -0.1) is 0 Å². The van der Waals surface area contributed by atoms with Crippen molar-refractivity contribution < 1.29 is 4.74 Å². The van der Waals surface area contributed by atoms with Gasteiger partial charge in [-0.05, 0) is 90.1 Å². The molecular weight excluding hydrogens is 474 g/mol. The normalized spacial score (nSPS) is 21.8. The molecule has 8 nitrogen and oxygen atoms in total. The third-order valence-corrected chi connectivity index (χ3v) is 7.92. The molecule has 3 aromatic rings. The SMILES string of the molecule is CN(C)CCCCN(C)c1ccc(Nc2ncc3c(n2)N(c2ccccn2)[C@@H]2CC(C)(C)OC[C@]32C)cc1. The topological polar surface area (TPSA) is 69.7 Å². The number of hydrogen-bond acceptors (Lipinski definition) is 8. The van der Waals surface area contributed by atoms with E-state index >= 15 is 0 Å². The molecule has 2 aromatic heterocycles. The van der Waals surface area contributed by atoms with E-state index in [1.165, 1.54) is 18.5 Å². The largest absolute Gasteiger partial charge is 0.375 e. The van der Waals surface area contributed by atoms with Gasteiger partial charge in [0.1, 0.15) is 11.6 Å². The Bertz CT molecular complexity index is 1230. The second-order valence-electron chi connectivity index (χ2n) is 11.8. The molecule has 1 N–H and O–H groups in total. The second-order valence-corrected chi connectivity index (χ2v) is 11.8. The lowest BCUT2D eigenvalue weighted by molar-refractivity contribution is -0.0893. The Balaban J connectivity index is 1.36. The number of fused-ring (bicyclic) bond motifs is 3. The first-order valence-electron chi connectivity index (χ1n) is 13.6. The van der Waals surface area contributed by atoms with E-state index in [9.17, 15) is 0 Å². The molecule has 0 radical (unpaired) electrons. The standard InChI is InChI=1S/C30H41N7O/c1-29(2)19-25-30(3,21-38-29)24-20-32-28(34-27(24)37(25)26-11-7-8-16-31-26)33-22-12-14-23(15-13-22)36(6)18-10-9-17-35(4)5/h7-8,11-16,20,25H,9-10,17-19,21H2,1-6H3,(H,32,33,34)/t25-,30-/m1/s1. The summed E-state index contributed by atoms with van der Waals surface area (Å²) < 4.78 is 6.30. The number of ether oxygens (including phenoxy) is 1. The van der Waals surface area contributed by atoms with E-state index in [0.717, 1.165) is 42.4 Å². The van der Waals surface area contributed by atoms with Crippen LogP contribution in [0.3, 0.4) is 0 Å². The highest BCUT2D eigenvalue weighted by Crippen LogP contribution is 2.52. The number of aromatic nitrogens is 3. The molecule has 0 saturated carbocycles. The van der Waals surface area contributed by atoms with Crippen molar-refractivity contribution in [3.8, 4) is 0 Å². The summed E-state index contributed by atoms with van der Waals surface area (Å²) in [5.74, 6) is 2.39. The Morgan fingerprint density at radius 3 is 2.47 bits per heavy atom. The lowest BCUT2D eigenvalue weighted by Crippen LogP contribution is -2.54. The molecule has 2 atom stereocenters. The van der Waals surface area contributed by atoms with Gasteiger partial charge in [-0.3, -0.25) is 0 Å². The summed E-state index contributed by atoms with van der Waals surface area (Å²) in [6.07, 6.45) is 7.07. The van der Waals surface area contributed by atoms with E-state index in [-0.39, 0.29) is 17.1 Å². The molecule has 202 valence electrons. The first-order chi connectivity index (χ1) is 18.2. The summed E-state index contributed by atoms with van der Waals surface area (Å²) in [5.41, 5.74) is 2.86. The monoisotopic (exact) mass is 515 g/mol. The summed E-state index contributed by atoms with van der Waals surface area (Å²) >= 11 is 0. The fourth-order valence-corrected chi connectivity index (χ4v) is 5.59. The minimum Gasteiger partial charge on any atom is -0.375 e. The van der Waals surface area contributed by atoms with Crippen LogP contribution in [0.25, 0.3) is 0 Å². The smallest absolute Gasteiger partial charge is 0.229 e. The molecular formula is C30H41N7O. The van der Waals surface area contributed by atoms with Gasteiger partial charge in [-0.2, -0.15) is 4.98 Å². The third kappa shape index (κ3) is 5.33. The van der Waals surface area contributed by atoms with Crippen LogP contribution in [0.5, 0.6) is 0 Å². The van der Waals surface area contributed by atoms with Gasteiger partial charge in [-0.25, -0.2) is 9.97 Å². The molecule has 8 heteroatoms. The van der Waals surface area contributed by atoms with E-state index < -0.39 is 0 Å². The average molecular weight is 516 g/mol. The van der Waals surface area contributed by atoms with Crippen molar-refractivity contribution in [1.82, 2.24) is 19.9 Å². The minimum atomic E-state index is -0.213. The van der Waals surface area contributed by atoms with Crippen LogP contribution in [0.15, 0.2) is 54.9 Å². The predicted molar refractivity (Wildman–Crippen MR) is 155 cm³/mol. The Hall–Kier alpha value is -3.23. The average Bonchev–Trinajstić information content (AvgIpc) is 3.14. The van der Waals surface area contributed by atoms with Crippen molar-refractivity contribution in [1.29, 1.82) is 0 Å².